The van der Waals surface area contributed by atoms with Gasteiger partial charge in [-0.15, -0.1) is 0 Å². The fourth-order valence-electron chi connectivity index (χ4n) is 3.54. The predicted molar refractivity (Wildman–Crippen MR) is 90.3 cm³/mol. The molecule has 1 saturated heterocycles. The smallest absolute Gasteiger partial charge is 0.341 e. The minimum atomic E-state index is -1.20. The summed E-state index contributed by atoms with van der Waals surface area (Å²) < 4.78 is 7.92. The van der Waals surface area contributed by atoms with Gasteiger partial charge < -0.3 is 24.6 Å². The lowest BCUT2D eigenvalue weighted by atomic mass is 10.1. The number of ether oxygens (including phenoxy) is 1. The number of anilines is 1. The van der Waals surface area contributed by atoms with E-state index >= 15 is 0 Å². The van der Waals surface area contributed by atoms with Crippen LogP contribution in [-0.4, -0.2) is 47.9 Å². The number of aromatic carboxylic acids is 1. The number of carboxylic acids is 1. The maximum absolute atomic E-state index is 12.5. The van der Waals surface area contributed by atoms with Gasteiger partial charge in [0.25, 0.3) is 0 Å². The molecular weight excluding hydrogens is 310 g/mol. The zero-order valence-corrected chi connectivity index (χ0v) is 13.4. The highest BCUT2D eigenvalue weighted by molar-refractivity contribution is 5.97. The molecule has 4 rings (SSSR count). The molecular formula is C17H19N3O4. The molecule has 0 saturated carbocycles. The van der Waals surface area contributed by atoms with Gasteiger partial charge >= 0.3 is 5.97 Å². The molecule has 0 spiro atoms. The normalized spacial score (nSPS) is 20.0. The fraction of sp³-hybridized carbons (Fsp3) is 0.412. The molecule has 24 heavy (non-hydrogen) atoms. The topological polar surface area (TPSA) is 83.8 Å². The number of nitrogens with zero attached hydrogens (tertiary/aromatic N) is 2. The Labute approximate surface area is 138 Å². The van der Waals surface area contributed by atoms with Crippen molar-refractivity contribution in [3.8, 4) is 5.75 Å². The van der Waals surface area contributed by atoms with Crippen molar-refractivity contribution >= 4 is 22.6 Å². The Balaban J connectivity index is 1.99. The van der Waals surface area contributed by atoms with Gasteiger partial charge in [0.1, 0.15) is 11.7 Å². The Hall–Kier alpha value is -2.54. The van der Waals surface area contributed by atoms with Crippen molar-refractivity contribution in [2.45, 2.75) is 19.6 Å². The average Bonchev–Trinajstić information content (AvgIpc) is 2.57. The summed E-state index contributed by atoms with van der Waals surface area (Å²) in [6, 6.07) is 3.60. The number of aromatic nitrogens is 1. The average molecular weight is 329 g/mol. The summed E-state index contributed by atoms with van der Waals surface area (Å²) in [5, 5.41) is 13.0. The van der Waals surface area contributed by atoms with Crippen LogP contribution in [-0.2, 0) is 6.54 Å². The molecule has 0 bridgehead atoms. The van der Waals surface area contributed by atoms with E-state index in [1.807, 2.05) is 17.6 Å². The van der Waals surface area contributed by atoms with E-state index in [0.29, 0.717) is 23.2 Å². The van der Waals surface area contributed by atoms with E-state index in [1.54, 1.807) is 6.07 Å². The lowest BCUT2D eigenvalue weighted by Crippen LogP contribution is -2.44. The Bertz CT molecular complexity index is 884. The van der Waals surface area contributed by atoms with E-state index in [0.717, 1.165) is 31.9 Å². The van der Waals surface area contributed by atoms with Crippen molar-refractivity contribution in [3.05, 3.63) is 34.1 Å². The van der Waals surface area contributed by atoms with Crippen LogP contribution in [0.25, 0.3) is 10.9 Å². The minimum Gasteiger partial charge on any atom is -0.484 e. The first-order valence-electron chi connectivity index (χ1n) is 8.12. The highest BCUT2D eigenvalue weighted by Crippen LogP contribution is 2.38. The summed E-state index contributed by atoms with van der Waals surface area (Å²) in [6.07, 6.45) is 1.35. The van der Waals surface area contributed by atoms with Gasteiger partial charge in [0.15, 0.2) is 5.75 Å². The van der Waals surface area contributed by atoms with Gasteiger partial charge in [-0.25, -0.2) is 4.79 Å². The summed E-state index contributed by atoms with van der Waals surface area (Å²) in [7, 11) is 0. The number of benzene rings is 1. The van der Waals surface area contributed by atoms with Crippen molar-refractivity contribution in [1.82, 2.24) is 9.88 Å². The van der Waals surface area contributed by atoms with Crippen LogP contribution in [0.2, 0.25) is 0 Å². The van der Waals surface area contributed by atoms with Gasteiger partial charge in [-0.2, -0.15) is 0 Å². The Morgan fingerprint density at radius 1 is 1.33 bits per heavy atom. The first-order chi connectivity index (χ1) is 11.6. The molecule has 1 fully saturated rings. The number of piperazine rings is 1. The van der Waals surface area contributed by atoms with Crippen molar-refractivity contribution in [2.75, 3.05) is 31.1 Å². The molecule has 7 nitrogen and oxygen atoms in total. The van der Waals surface area contributed by atoms with Gasteiger partial charge in [-0.05, 0) is 19.1 Å². The van der Waals surface area contributed by atoms with Crippen LogP contribution < -0.4 is 20.4 Å². The molecule has 2 aliphatic rings. The second-order valence-corrected chi connectivity index (χ2v) is 6.30. The molecule has 0 amide bonds. The number of carboxylic acid groups (broad SMARTS) is 1. The number of rotatable bonds is 2. The van der Waals surface area contributed by atoms with Gasteiger partial charge in [-0.1, -0.05) is 0 Å². The highest BCUT2D eigenvalue weighted by Gasteiger charge is 2.27. The van der Waals surface area contributed by atoms with Crippen LogP contribution in [0.3, 0.4) is 0 Å². The number of hydrogen-bond acceptors (Lipinski definition) is 5. The van der Waals surface area contributed by atoms with Crippen LogP contribution in [0.15, 0.2) is 23.1 Å². The third kappa shape index (κ3) is 2.24. The van der Waals surface area contributed by atoms with Gasteiger partial charge in [0.2, 0.25) is 5.43 Å². The van der Waals surface area contributed by atoms with Crippen LogP contribution >= 0.6 is 0 Å². The van der Waals surface area contributed by atoms with E-state index < -0.39 is 11.4 Å². The van der Waals surface area contributed by atoms with Crippen LogP contribution in [0.1, 0.15) is 17.3 Å². The number of hydrogen-bond donors (Lipinski definition) is 2. The van der Waals surface area contributed by atoms with Crippen LogP contribution in [0.4, 0.5) is 5.69 Å². The molecule has 7 heteroatoms. The molecule has 2 aliphatic heterocycles. The summed E-state index contributed by atoms with van der Waals surface area (Å²) in [4.78, 5) is 26.1. The van der Waals surface area contributed by atoms with Gasteiger partial charge in [0.05, 0.1) is 23.1 Å². The molecule has 0 aliphatic carbocycles. The number of carbonyl (C=O) groups is 1. The molecule has 2 aromatic rings. The maximum atomic E-state index is 12.5. The lowest BCUT2D eigenvalue weighted by molar-refractivity contribution is 0.0694. The van der Waals surface area contributed by atoms with Crippen LogP contribution in [0, 0.1) is 0 Å². The van der Waals surface area contributed by atoms with Crippen LogP contribution in [0.5, 0.6) is 5.75 Å². The predicted octanol–water partition coefficient (Wildman–Crippen LogP) is 0.890. The third-order valence-electron chi connectivity index (χ3n) is 4.63. The first-order valence-corrected chi connectivity index (χ1v) is 8.12. The Kier molecular flexibility index (Phi) is 3.45. The fourth-order valence-corrected chi connectivity index (χ4v) is 3.54. The molecule has 1 unspecified atom stereocenters. The molecule has 0 radical (unpaired) electrons. The molecule has 1 aromatic carbocycles. The summed E-state index contributed by atoms with van der Waals surface area (Å²) in [5.74, 6) is -0.514. The van der Waals surface area contributed by atoms with Crippen molar-refractivity contribution < 1.29 is 14.6 Å². The Morgan fingerprint density at radius 2 is 2.08 bits per heavy atom. The number of nitrogens with one attached hydrogen (secondary N) is 1. The largest absolute Gasteiger partial charge is 0.484 e. The Morgan fingerprint density at radius 3 is 2.79 bits per heavy atom. The van der Waals surface area contributed by atoms with Gasteiger partial charge in [-0.3, -0.25) is 4.79 Å². The molecule has 1 atom stereocenters. The highest BCUT2D eigenvalue weighted by atomic mass is 16.5. The molecule has 2 N–H and O–H groups in total. The monoisotopic (exact) mass is 329 g/mol. The maximum Gasteiger partial charge on any atom is 0.341 e. The standard InChI is InChI=1S/C17H19N3O4/c1-10-8-20-9-12(17(22)23)15(21)11-2-3-13(16(24-10)14(11)20)19-6-4-18-5-7-19/h2-3,9-10,18H,4-8H2,1H3,(H,22,23). The zero-order chi connectivity index (χ0) is 16.8. The second kappa shape index (κ2) is 5.52. The third-order valence-corrected chi connectivity index (χ3v) is 4.63. The second-order valence-electron chi connectivity index (χ2n) is 6.30. The van der Waals surface area contributed by atoms with Crippen molar-refractivity contribution in [1.29, 1.82) is 0 Å². The zero-order valence-electron chi connectivity index (χ0n) is 13.4. The SMILES string of the molecule is CC1Cn2cc(C(=O)O)c(=O)c3ccc(N4CCNCC4)c(c32)O1. The van der Waals surface area contributed by atoms with E-state index in [1.165, 1.54) is 6.20 Å². The van der Waals surface area contributed by atoms with E-state index in [-0.39, 0.29) is 11.7 Å². The molecule has 1 aromatic heterocycles. The van der Waals surface area contributed by atoms with E-state index in [9.17, 15) is 14.7 Å². The summed E-state index contributed by atoms with van der Waals surface area (Å²) in [5.41, 5.74) is 1.00. The molecule has 126 valence electrons. The quantitative estimate of drug-likeness (QED) is 0.851. The first kappa shape index (κ1) is 15.0. The lowest BCUT2D eigenvalue weighted by Gasteiger charge is -2.34. The van der Waals surface area contributed by atoms with E-state index in [2.05, 4.69) is 10.2 Å². The minimum absolute atomic E-state index is 0.0890. The molecule has 3 heterocycles. The summed E-state index contributed by atoms with van der Waals surface area (Å²) >= 11 is 0. The van der Waals surface area contributed by atoms with E-state index in [4.69, 9.17) is 4.74 Å². The number of pyridine rings is 1. The van der Waals surface area contributed by atoms with Gasteiger partial charge in [0, 0.05) is 32.4 Å². The van der Waals surface area contributed by atoms with Crippen molar-refractivity contribution in [2.24, 2.45) is 0 Å². The van der Waals surface area contributed by atoms with Crippen molar-refractivity contribution in [3.63, 3.8) is 0 Å². The summed E-state index contributed by atoms with van der Waals surface area (Å²) in [6.45, 7) is 6.01.